The van der Waals surface area contributed by atoms with Gasteiger partial charge >= 0.3 is 0 Å². The molecule has 3 nitrogen and oxygen atoms in total. The monoisotopic (exact) mass is 220 g/mol. The summed E-state index contributed by atoms with van der Waals surface area (Å²) in [5, 5.41) is 13.0. The van der Waals surface area contributed by atoms with E-state index in [9.17, 15) is 5.11 Å². The van der Waals surface area contributed by atoms with Crippen molar-refractivity contribution in [2.45, 2.75) is 39.7 Å². The van der Waals surface area contributed by atoms with Crippen LogP contribution in [0.2, 0.25) is 0 Å². The van der Waals surface area contributed by atoms with E-state index in [1.807, 2.05) is 13.0 Å². The summed E-state index contributed by atoms with van der Waals surface area (Å²) < 4.78 is 0. The highest BCUT2D eigenvalue weighted by molar-refractivity contribution is 5.27. The molecule has 1 aromatic rings. The summed E-state index contributed by atoms with van der Waals surface area (Å²) in [5.74, 6) is 0.289. The average Bonchev–Trinajstić information content (AvgIpc) is 2.21. The molecule has 1 fully saturated rings. The van der Waals surface area contributed by atoms with Crippen LogP contribution in [0.25, 0.3) is 0 Å². The molecule has 1 aliphatic carbocycles. The maximum Gasteiger partial charge on any atom is 0.138 e. The third-order valence-electron chi connectivity index (χ3n) is 3.49. The molecule has 2 rings (SSSR count). The standard InChI is InChI=1S/C13H20N2O/c1-10-4-5-12(16)11(15-10)8-14-9-13(2)6-3-7-13/h4-5,14,16H,3,6-9H2,1-2H3. The molecule has 0 atom stereocenters. The molecule has 1 aromatic heterocycles. The van der Waals surface area contributed by atoms with Gasteiger partial charge in [-0.1, -0.05) is 13.3 Å². The highest BCUT2D eigenvalue weighted by atomic mass is 16.3. The minimum Gasteiger partial charge on any atom is -0.506 e. The number of nitrogens with one attached hydrogen (secondary N) is 1. The Bertz CT molecular complexity index is 372. The zero-order chi connectivity index (χ0) is 11.6. The summed E-state index contributed by atoms with van der Waals surface area (Å²) in [7, 11) is 0. The number of aromatic hydroxyl groups is 1. The highest BCUT2D eigenvalue weighted by Gasteiger charge is 2.30. The van der Waals surface area contributed by atoms with E-state index in [4.69, 9.17) is 0 Å². The van der Waals surface area contributed by atoms with Crippen LogP contribution in [-0.2, 0) is 6.54 Å². The van der Waals surface area contributed by atoms with Crippen molar-refractivity contribution in [2.24, 2.45) is 5.41 Å². The lowest BCUT2D eigenvalue weighted by molar-refractivity contribution is 0.156. The molecule has 1 saturated carbocycles. The summed E-state index contributed by atoms with van der Waals surface area (Å²) in [6, 6.07) is 3.54. The van der Waals surface area contributed by atoms with Crippen molar-refractivity contribution >= 4 is 0 Å². The largest absolute Gasteiger partial charge is 0.506 e. The van der Waals surface area contributed by atoms with Crippen molar-refractivity contribution in [3.63, 3.8) is 0 Å². The first-order valence-corrected chi connectivity index (χ1v) is 5.95. The lowest BCUT2D eigenvalue weighted by Crippen LogP contribution is -2.37. The summed E-state index contributed by atoms with van der Waals surface area (Å²) in [4.78, 5) is 4.32. The van der Waals surface area contributed by atoms with Gasteiger partial charge in [0.1, 0.15) is 5.75 Å². The number of rotatable bonds is 4. The molecular weight excluding hydrogens is 200 g/mol. The molecule has 1 heterocycles. The Hall–Kier alpha value is -1.09. The maximum atomic E-state index is 9.63. The molecule has 0 aliphatic heterocycles. The van der Waals surface area contributed by atoms with E-state index in [1.165, 1.54) is 19.3 Å². The highest BCUT2D eigenvalue weighted by Crippen LogP contribution is 2.39. The minimum atomic E-state index is 0.289. The van der Waals surface area contributed by atoms with E-state index in [0.29, 0.717) is 12.0 Å². The average molecular weight is 220 g/mol. The topological polar surface area (TPSA) is 45.1 Å². The number of aryl methyl sites for hydroxylation is 1. The van der Waals surface area contributed by atoms with E-state index in [-0.39, 0.29) is 5.75 Å². The van der Waals surface area contributed by atoms with Crippen molar-refractivity contribution < 1.29 is 5.11 Å². The molecule has 3 heteroatoms. The van der Waals surface area contributed by atoms with Gasteiger partial charge in [-0.05, 0) is 37.3 Å². The Morgan fingerprint density at radius 2 is 2.19 bits per heavy atom. The van der Waals surface area contributed by atoms with Crippen LogP contribution < -0.4 is 5.32 Å². The van der Waals surface area contributed by atoms with Gasteiger partial charge in [-0.25, -0.2) is 0 Å². The number of pyridine rings is 1. The van der Waals surface area contributed by atoms with Crippen LogP contribution in [-0.4, -0.2) is 16.6 Å². The van der Waals surface area contributed by atoms with Gasteiger partial charge in [0.05, 0.1) is 5.69 Å². The van der Waals surface area contributed by atoms with Gasteiger partial charge in [0, 0.05) is 18.8 Å². The van der Waals surface area contributed by atoms with Crippen LogP contribution in [0.1, 0.15) is 37.6 Å². The zero-order valence-electron chi connectivity index (χ0n) is 10.1. The summed E-state index contributed by atoms with van der Waals surface area (Å²) >= 11 is 0. The van der Waals surface area contributed by atoms with Crippen LogP contribution in [0.3, 0.4) is 0 Å². The Kier molecular flexibility index (Phi) is 3.15. The van der Waals surface area contributed by atoms with Crippen molar-refractivity contribution in [1.29, 1.82) is 0 Å². The van der Waals surface area contributed by atoms with Crippen molar-refractivity contribution in [3.8, 4) is 5.75 Å². The number of aromatic nitrogens is 1. The van der Waals surface area contributed by atoms with E-state index < -0.39 is 0 Å². The Morgan fingerprint density at radius 3 is 2.81 bits per heavy atom. The second kappa shape index (κ2) is 4.42. The molecule has 1 aliphatic rings. The SMILES string of the molecule is Cc1ccc(O)c(CNCC2(C)CCC2)n1. The van der Waals surface area contributed by atoms with Crippen molar-refractivity contribution in [3.05, 3.63) is 23.5 Å². The summed E-state index contributed by atoms with van der Waals surface area (Å²) in [6.45, 7) is 5.92. The fourth-order valence-electron chi connectivity index (χ4n) is 2.17. The molecule has 0 amide bonds. The van der Waals surface area contributed by atoms with E-state index in [1.54, 1.807) is 6.07 Å². The molecule has 0 radical (unpaired) electrons. The molecule has 2 N–H and O–H groups in total. The van der Waals surface area contributed by atoms with Crippen LogP contribution in [0, 0.1) is 12.3 Å². The molecular formula is C13H20N2O. The first-order valence-electron chi connectivity index (χ1n) is 5.95. The van der Waals surface area contributed by atoms with Gasteiger partial charge < -0.3 is 10.4 Å². The predicted octanol–water partition coefficient (Wildman–Crippen LogP) is 2.38. The molecule has 0 aromatic carbocycles. The normalized spacial score (nSPS) is 18.1. The second-order valence-corrected chi connectivity index (χ2v) is 5.19. The van der Waals surface area contributed by atoms with Crippen LogP contribution in [0.4, 0.5) is 0 Å². The zero-order valence-corrected chi connectivity index (χ0v) is 10.1. The van der Waals surface area contributed by atoms with E-state index in [0.717, 1.165) is 17.9 Å². The van der Waals surface area contributed by atoms with Gasteiger partial charge in [-0.2, -0.15) is 0 Å². The Labute approximate surface area is 96.9 Å². The molecule has 0 unspecified atom stereocenters. The van der Waals surface area contributed by atoms with Crippen molar-refractivity contribution in [1.82, 2.24) is 10.3 Å². The number of hydrogen-bond donors (Lipinski definition) is 2. The van der Waals surface area contributed by atoms with Crippen LogP contribution in [0.5, 0.6) is 5.75 Å². The quantitative estimate of drug-likeness (QED) is 0.819. The third kappa shape index (κ3) is 2.53. The van der Waals surface area contributed by atoms with E-state index >= 15 is 0 Å². The first kappa shape index (κ1) is 11.4. The van der Waals surface area contributed by atoms with Crippen LogP contribution >= 0.6 is 0 Å². The Balaban J connectivity index is 1.87. The maximum absolute atomic E-state index is 9.63. The third-order valence-corrected chi connectivity index (χ3v) is 3.49. The molecule has 0 spiro atoms. The number of hydrogen-bond acceptors (Lipinski definition) is 3. The minimum absolute atomic E-state index is 0.289. The van der Waals surface area contributed by atoms with Gasteiger partial charge in [0.15, 0.2) is 0 Å². The fraction of sp³-hybridized carbons (Fsp3) is 0.615. The van der Waals surface area contributed by atoms with Gasteiger partial charge in [-0.3, -0.25) is 4.98 Å². The lowest BCUT2D eigenvalue weighted by atomic mass is 9.70. The fourth-order valence-corrected chi connectivity index (χ4v) is 2.17. The number of nitrogens with zero attached hydrogens (tertiary/aromatic N) is 1. The molecule has 0 saturated heterocycles. The van der Waals surface area contributed by atoms with Gasteiger partial charge in [0.25, 0.3) is 0 Å². The Morgan fingerprint density at radius 1 is 1.44 bits per heavy atom. The molecule has 88 valence electrons. The van der Waals surface area contributed by atoms with Gasteiger partial charge in [0.2, 0.25) is 0 Å². The second-order valence-electron chi connectivity index (χ2n) is 5.19. The molecule has 16 heavy (non-hydrogen) atoms. The van der Waals surface area contributed by atoms with Crippen LogP contribution in [0.15, 0.2) is 12.1 Å². The smallest absolute Gasteiger partial charge is 0.138 e. The predicted molar refractivity (Wildman–Crippen MR) is 64.3 cm³/mol. The molecule has 0 bridgehead atoms. The summed E-state index contributed by atoms with van der Waals surface area (Å²) in [5.41, 5.74) is 2.17. The van der Waals surface area contributed by atoms with Crippen molar-refractivity contribution in [2.75, 3.05) is 6.54 Å². The first-order chi connectivity index (χ1) is 7.59. The lowest BCUT2D eigenvalue weighted by Gasteiger charge is -2.38. The van der Waals surface area contributed by atoms with E-state index in [2.05, 4.69) is 17.2 Å². The van der Waals surface area contributed by atoms with Gasteiger partial charge in [-0.15, -0.1) is 0 Å². The summed E-state index contributed by atoms with van der Waals surface area (Å²) in [6.07, 6.45) is 3.98.